The van der Waals surface area contributed by atoms with Gasteiger partial charge in [-0.1, -0.05) is 6.07 Å². The zero-order valence-corrected chi connectivity index (χ0v) is 13.3. The summed E-state index contributed by atoms with van der Waals surface area (Å²) >= 11 is 0. The van der Waals surface area contributed by atoms with Crippen molar-refractivity contribution in [3.8, 4) is 0 Å². The number of carboxylic acids is 1. The minimum Gasteiger partial charge on any atom is -0.478 e. The molecule has 0 aromatic heterocycles. The number of nitrogens with zero attached hydrogens (tertiary/aromatic N) is 2. The molecule has 1 aromatic carbocycles. The number of halogens is 2. The minimum atomic E-state index is -2.78. The lowest BCUT2D eigenvalue weighted by Gasteiger charge is -2.43. The molecule has 0 spiro atoms. The van der Waals surface area contributed by atoms with Crippen molar-refractivity contribution >= 4 is 11.7 Å². The van der Waals surface area contributed by atoms with Gasteiger partial charge in [-0.2, -0.15) is 0 Å². The number of carbonyl (C=O) groups is 1. The van der Waals surface area contributed by atoms with Gasteiger partial charge in [0.1, 0.15) is 0 Å². The van der Waals surface area contributed by atoms with Gasteiger partial charge in [-0.3, -0.25) is 4.90 Å². The highest BCUT2D eigenvalue weighted by Crippen LogP contribution is 2.35. The first-order valence-electron chi connectivity index (χ1n) is 8.09. The maximum atomic E-state index is 14.6. The van der Waals surface area contributed by atoms with Crippen LogP contribution >= 0.6 is 0 Å². The number of aromatic carboxylic acids is 1. The second kappa shape index (κ2) is 6.07. The summed E-state index contributed by atoms with van der Waals surface area (Å²) in [6.07, 6.45) is 2.40. The first kappa shape index (κ1) is 16.2. The van der Waals surface area contributed by atoms with E-state index in [1.54, 1.807) is 24.0 Å². The number of hydrogen-bond donors (Lipinski definition) is 1. The highest BCUT2D eigenvalue weighted by molar-refractivity contribution is 5.90. The molecule has 0 saturated carbocycles. The number of benzene rings is 1. The predicted octanol–water partition coefficient (Wildman–Crippen LogP) is 3.00. The molecule has 1 N–H and O–H groups in total. The Balaban J connectivity index is 1.78. The molecule has 0 amide bonds. The second-order valence-electron chi connectivity index (χ2n) is 6.53. The monoisotopic (exact) mass is 324 g/mol. The lowest BCUT2D eigenvalue weighted by atomic mass is 9.98. The lowest BCUT2D eigenvalue weighted by Crippen LogP contribution is -2.58. The van der Waals surface area contributed by atoms with Gasteiger partial charge in [0.25, 0.3) is 5.92 Å². The summed E-state index contributed by atoms with van der Waals surface area (Å²) in [5.41, 5.74) is 1.37. The topological polar surface area (TPSA) is 43.8 Å². The Morgan fingerprint density at radius 2 is 1.96 bits per heavy atom. The summed E-state index contributed by atoms with van der Waals surface area (Å²) in [7, 11) is 0. The van der Waals surface area contributed by atoms with E-state index in [4.69, 9.17) is 0 Å². The number of likely N-dealkylation sites (tertiary alicyclic amines) is 1. The van der Waals surface area contributed by atoms with Crippen molar-refractivity contribution < 1.29 is 18.7 Å². The molecule has 0 bridgehead atoms. The highest BCUT2D eigenvalue weighted by atomic mass is 19.3. The van der Waals surface area contributed by atoms with Crippen molar-refractivity contribution in [3.63, 3.8) is 0 Å². The number of carboxylic acid groups (broad SMARTS) is 1. The Labute approximate surface area is 134 Å². The molecule has 2 aliphatic heterocycles. The maximum Gasteiger partial charge on any atom is 0.336 e. The first-order valence-corrected chi connectivity index (χ1v) is 8.09. The van der Waals surface area contributed by atoms with E-state index in [0.29, 0.717) is 24.2 Å². The smallest absolute Gasteiger partial charge is 0.336 e. The zero-order chi connectivity index (χ0) is 16.6. The minimum absolute atomic E-state index is 0.174. The van der Waals surface area contributed by atoms with Crippen molar-refractivity contribution in [2.45, 2.75) is 38.2 Å². The van der Waals surface area contributed by atoms with Crippen LogP contribution < -0.4 is 4.90 Å². The summed E-state index contributed by atoms with van der Waals surface area (Å²) in [6.45, 7) is 3.40. The van der Waals surface area contributed by atoms with E-state index in [0.717, 1.165) is 25.9 Å². The summed E-state index contributed by atoms with van der Waals surface area (Å²) in [4.78, 5) is 14.8. The number of anilines is 1. The van der Waals surface area contributed by atoms with Crippen LogP contribution in [-0.4, -0.2) is 54.1 Å². The van der Waals surface area contributed by atoms with E-state index in [2.05, 4.69) is 0 Å². The Hall–Kier alpha value is -1.69. The van der Waals surface area contributed by atoms with Crippen molar-refractivity contribution in [3.05, 3.63) is 29.3 Å². The maximum absolute atomic E-state index is 14.6. The largest absolute Gasteiger partial charge is 0.478 e. The van der Waals surface area contributed by atoms with Gasteiger partial charge in [0.2, 0.25) is 0 Å². The normalized spacial score (nSPS) is 24.8. The van der Waals surface area contributed by atoms with E-state index in [9.17, 15) is 18.7 Å². The van der Waals surface area contributed by atoms with Crippen molar-refractivity contribution in [1.29, 1.82) is 0 Å². The fourth-order valence-electron chi connectivity index (χ4n) is 3.69. The molecule has 126 valence electrons. The average Bonchev–Trinajstić information content (AvgIpc) is 3.00. The van der Waals surface area contributed by atoms with Crippen LogP contribution in [0.2, 0.25) is 0 Å². The summed E-state index contributed by atoms with van der Waals surface area (Å²) < 4.78 is 29.2. The molecule has 3 rings (SSSR count). The Kier molecular flexibility index (Phi) is 4.27. The van der Waals surface area contributed by atoms with Crippen molar-refractivity contribution in [2.75, 3.05) is 31.1 Å². The van der Waals surface area contributed by atoms with Gasteiger partial charge in [0.15, 0.2) is 0 Å². The molecule has 23 heavy (non-hydrogen) atoms. The number of piperidine rings is 1. The molecule has 0 radical (unpaired) electrons. The third kappa shape index (κ3) is 3.17. The van der Waals surface area contributed by atoms with E-state index < -0.39 is 17.9 Å². The Bertz CT molecular complexity index is 600. The second-order valence-corrected chi connectivity index (χ2v) is 6.53. The lowest BCUT2D eigenvalue weighted by molar-refractivity contribution is -0.0822. The molecule has 0 aliphatic carbocycles. The molecule has 2 saturated heterocycles. The summed E-state index contributed by atoms with van der Waals surface area (Å²) in [5, 5.41) is 9.20. The fraction of sp³-hybridized carbons (Fsp3) is 0.588. The van der Waals surface area contributed by atoms with Gasteiger partial charge < -0.3 is 10.0 Å². The third-order valence-electron chi connectivity index (χ3n) is 4.96. The fourth-order valence-corrected chi connectivity index (χ4v) is 3.69. The molecule has 6 heteroatoms. The Morgan fingerprint density at radius 1 is 1.26 bits per heavy atom. The van der Waals surface area contributed by atoms with Crippen LogP contribution in [0.3, 0.4) is 0 Å². The molecular formula is C17H22F2N2O2. The van der Waals surface area contributed by atoms with Crippen molar-refractivity contribution in [1.82, 2.24) is 4.90 Å². The summed E-state index contributed by atoms with van der Waals surface area (Å²) in [5.74, 6) is -3.81. The zero-order valence-electron chi connectivity index (χ0n) is 13.3. The van der Waals surface area contributed by atoms with Crippen LogP contribution in [0.15, 0.2) is 18.2 Å². The third-order valence-corrected chi connectivity index (χ3v) is 4.96. The average molecular weight is 324 g/mol. The number of aryl methyl sites for hydroxylation is 1. The molecule has 2 fully saturated rings. The predicted molar refractivity (Wildman–Crippen MR) is 84.5 cm³/mol. The van der Waals surface area contributed by atoms with Crippen LogP contribution in [0.25, 0.3) is 0 Å². The van der Waals surface area contributed by atoms with E-state index in [-0.39, 0.29) is 12.1 Å². The van der Waals surface area contributed by atoms with Crippen molar-refractivity contribution in [2.24, 2.45) is 0 Å². The number of alkyl halides is 2. The standard InChI is InChI=1S/C17H22F2N2O2/c1-12-4-5-13(10-14(12)16(22)23)21-9-6-15(17(18,19)11-21)20-7-2-3-8-20/h4-5,10,15H,2-3,6-9,11H2,1H3,(H,22,23). The van der Waals surface area contributed by atoms with Gasteiger partial charge in [0.05, 0.1) is 18.2 Å². The van der Waals surface area contributed by atoms with E-state index in [1.165, 1.54) is 6.07 Å². The molecule has 1 aromatic rings. The molecule has 2 aliphatic rings. The van der Waals surface area contributed by atoms with Gasteiger partial charge >= 0.3 is 5.97 Å². The quantitative estimate of drug-likeness (QED) is 0.928. The van der Waals surface area contributed by atoms with Gasteiger partial charge in [0, 0.05) is 12.2 Å². The van der Waals surface area contributed by atoms with Crippen LogP contribution in [0.4, 0.5) is 14.5 Å². The van der Waals surface area contributed by atoms with Gasteiger partial charge in [-0.15, -0.1) is 0 Å². The molecule has 1 atom stereocenters. The molecule has 4 nitrogen and oxygen atoms in total. The van der Waals surface area contributed by atoms with Crippen LogP contribution in [0.5, 0.6) is 0 Å². The van der Waals surface area contributed by atoms with Gasteiger partial charge in [-0.25, -0.2) is 13.6 Å². The van der Waals surface area contributed by atoms with Crippen LogP contribution in [-0.2, 0) is 0 Å². The van der Waals surface area contributed by atoms with E-state index >= 15 is 0 Å². The van der Waals surface area contributed by atoms with Crippen LogP contribution in [0.1, 0.15) is 35.2 Å². The molecule has 2 heterocycles. The van der Waals surface area contributed by atoms with Crippen LogP contribution in [0, 0.1) is 6.92 Å². The highest BCUT2D eigenvalue weighted by Gasteiger charge is 2.47. The first-order chi connectivity index (χ1) is 10.9. The van der Waals surface area contributed by atoms with E-state index in [1.807, 2.05) is 4.90 Å². The Morgan fingerprint density at radius 3 is 2.57 bits per heavy atom. The number of hydrogen-bond acceptors (Lipinski definition) is 3. The molecular weight excluding hydrogens is 302 g/mol. The number of rotatable bonds is 3. The SMILES string of the molecule is Cc1ccc(N2CCC(N3CCCC3)C(F)(F)C2)cc1C(=O)O. The molecule has 1 unspecified atom stereocenters. The van der Waals surface area contributed by atoms with Gasteiger partial charge in [-0.05, 0) is 57.0 Å². The summed E-state index contributed by atoms with van der Waals surface area (Å²) in [6, 6.07) is 4.23.